The number of nitrogens with one attached hydrogen (secondary N) is 1. The van der Waals surface area contributed by atoms with Crippen LogP contribution >= 0.6 is 15.9 Å². The summed E-state index contributed by atoms with van der Waals surface area (Å²) < 4.78 is 27.6. The van der Waals surface area contributed by atoms with Gasteiger partial charge in [-0.25, -0.2) is 8.78 Å². The topological polar surface area (TPSA) is 38.3 Å². The molecular weight excluding hydrogens is 248 g/mol. The molecule has 0 saturated carbocycles. The summed E-state index contributed by atoms with van der Waals surface area (Å²) in [5.74, 6) is -0.180. The summed E-state index contributed by atoms with van der Waals surface area (Å²) in [7, 11) is 0. The molecule has 0 aliphatic heterocycles. The van der Waals surface area contributed by atoms with E-state index < -0.39 is 13.0 Å². The normalized spacial score (nSPS) is 13.0. The average molecular weight is 260 g/mol. The second-order valence-electron chi connectivity index (χ2n) is 2.37. The van der Waals surface area contributed by atoms with Crippen molar-refractivity contribution < 1.29 is 18.3 Å². The van der Waals surface area contributed by atoms with Crippen molar-refractivity contribution in [1.82, 2.24) is 5.32 Å². The summed E-state index contributed by atoms with van der Waals surface area (Å²) in [5.41, 5.74) is 0. The van der Waals surface area contributed by atoms with Crippen LogP contribution in [0.1, 0.15) is 6.92 Å². The van der Waals surface area contributed by atoms with E-state index in [0.717, 1.165) is 0 Å². The first-order chi connectivity index (χ1) is 6.04. The standard InChI is InChI=1S/C7H12BrF2NO2/c1-5(8)7(12)11-2-3-13-4-6(9)10/h5-6H,2-4H2,1H3,(H,11,12). The van der Waals surface area contributed by atoms with Gasteiger partial charge in [0.15, 0.2) is 0 Å². The molecule has 0 spiro atoms. The second kappa shape index (κ2) is 7.20. The van der Waals surface area contributed by atoms with Gasteiger partial charge in [-0.15, -0.1) is 0 Å². The number of carbonyl (C=O) groups is 1. The number of hydrogen-bond donors (Lipinski definition) is 1. The van der Waals surface area contributed by atoms with Gasteiger partial charge in [-0.1, -0.05) is 15.9 Å². The first-order valence-corrected chi connectivity index (χ1v) is 4.73. The van der Waals surface area contributed by atoms with Gasteiger partial charge in [0.2, 0.25) is 5.91 Å². The first kappa shape index (κ1) is 12.8. The molecule has 0 fully saturated rings. The number of rotatable bonds is 6. The van der Waals surface area contributed by atoms with Crippen LogP contribution in [0.15, 0.2) is 0 Å². The maximum atomic E-state index is 11.5. The molecule has 0 aliphatic carbocycles. The average Bonchev–Trinajstić information content (AvgIpc) is 2.02. The number of ether oxygens (including phenoxy) is 1. The van der Waals surface area contributed by atoms with E-state index >= 15 is 0 Å². The predicted octanol–water partition coefficient (Wildman–Crippen LogP) is 1.17. The smallest absolute Gasteiger partial charge is 0.261 e. The van der Waals surface area contributed by atoms with Gasteiger partial charge in [0.25, 0.3) is 6.43 Å². The van der Waals surface area contributed by atoms with E-state index in [1.807, 2.05) is 0 Å². The van der Waals surface area contributed by atoms with Gasteiger partial charge in [0.1, 0.15) is 6.61 Å². The number of alkyl halides is 3. The van der Waals surface area contributed by atoms with E-state index in [1.54, 1.807) is 6.92 Å². The highest BCUT2D eigenvalue weighted by atomic mass is 79.9. The van der Waals surface area contributed by atoms with Crippen molar-refractivity contribution in [3.05, 3.63) is 0 Å². The molecule has 6 heteroatoms. The number of carbonyl (C=O) groups excluding carboxylic acids is 1. The Morgan fingerprint density at radius 2 is 2.23 bits per heavy atom. The van der Waals surface area contributed by atoms with Gasteiger partial charge in [0.05, 0.1) is 11.4 Å². The van der Waals surface area contributed by atoms with Crippen LogP contribution in [0.25, 0.3) is 0 Å². The van der Waals surface area contributed by atoms with Gasteiger partial charge < -0.3 is 10.1 Å². The molecule has 0 heterocycles. The number of amides is 1. The molecule has 1 unspecified atom stereocenters. The largest absolute Gasteiger partial charge is 0.374 e. The zero-order valence-corrected chi connectivity index (χ0v) is 8.81. The fourth-order valence-electron chi connectivity index (χ4n) is 0.559. The van der Waals surface area contributed by atoms with Crippen LogP contribution in [0, 0.1) is 0 Å². The molecule has 78 valence electrons. The van der Waals surface area contributed by atoms with Crippen molar-refractivity contribution in [3.8, 4) is 0 Å². The van der Waals surface area contributed by atoms with Crippen LogP contribution in [-0.2, 0) is 9.53 Å². The Morgan fingerprint density at radius 3 is 2.69 bits per heavy atom. The number of halogens is 3. The molecule has 1 N–H and O–H groups in total. The monoisotopic (exact) mass is 259 g/mol. The fraction of sp³-hybridized carbons (Fsp3) is 0.857. The van der Waals surface area contributed by atoms with Crippen LogP contribution < -0.4 is 5.32 Å². The van der Waals surface area contributed by atoms with Crippen molar-refractivity contribution in [2.75, 3.05) is 19.8 Å². The molecule has 0 saturated heterocycles. The Kier molecular flexibility index (Phi) is 7.07. The molecular formula is C7H12BrF2NO2. The zero-order valence-electron chi connectivity index (χ0n) is 7.23. The molecule has 1 amide bonds. The van der Waals surface area contributed by atoms with E-state index in [9.17, 15) is 13.6 Å². The van der Waals surface area contributed by atoms with Gasteiger partial charge >= 0.3 is 0 Å². The van der Waals surface area contributed by atoms with Crippen LogP contribution in [0.2, 0.25) is 0 Å². The molecule has 0 aromatic carbocycles. The lowest BCUT2D eigenvalue weighted by Crippen LogP contribution is -2.32. The SMILES string of the molecule is CC(Br)C(=O)NCCOCC(F)F. The summed E-state index contributed by atoms with van der Waals surface area (Å²) in [6.45, 7) is 1.45. The molecule has 0 rings (SSSR count). The maximum absolute atomic E-state index is 11.5. The summed E-state index contributed by atoms with van der Waals surface area (Å²) in [4.78, 5) is 10.6. The Hall–Kier alpha value is -0.230. The second-order valence-corrected chi connectivity index (χ2v) is 3.75. The third-order valence-corrected chi connectivity index (χ3v) is 1.57. The lowest BCUT2D eigenvalue weighted by atomic mass is 10.4. The first-order valence-electron chi connectivity index (χ1n) is 3.81. The zero-order chi connectivity index (χ0) is 10.3. The lowest BCUT2D eigenvalue weighted by Gasteiger charge is -2.06. The summed E-state index contributed by atoms with van der Waals surface area (Å²) in [5, 5.41) is 2.50. The molecule has 3 nitrogen and oxygen atoms in total. The van der Waals surface area contributed by atoms with Crippen molar-refractivity contribution >= 4 is 21.8 Å². The van der Waals surface area contributed by atoms with E-state index in [4.69, 9.17) is 0 Å². The van der Waals surface area contributed by atoms with Crippen molar-refractivity contribution in [1.29, 1.82) is 0 Å². The number of hydrogen-bond acceptors (Lipinski definition) is 2. The molecule has 0 aromatic heterocycles. The molecule has 0 aromatic rings. The molecule has 0 aliphatic rings. The summed E-state index contributed by atoms with van der Waals surface area (Å²) in [6.07, 6.45) is -2.45. The highest BCUT2D eigenvalue weighted by Crippen LogP contribution is 1.95. The van der Waals surface area contributed by atoms with E-state index in [0.29, 0.717) is 0 Å². The molecule has 0 radical (unpaired) electrons. The highest BCUT2D eigenvalue weighted by Gasteiger charge is 2.07. The Labute approximate surface area is 84.0 Å². The third kappa shape index (κ3) is 8.11. The Bertz CT molecular complexity index is 155. The van der Waals surface area contributed by atoms with Crippen LogP contribution in [0.5, 0.6) is 0 Å². The minimum Gasteiger partial charge on any atom is -0.374 e. The van der Waals surface area contributed by atoms with Crippen LogP contribution in [-0.4, -0.2) is 36.9 Å². The maximum Gasteiger partial charge on any atom is 0.261 e. The summed E-state index contributed by atoms with van der Waals surface area (Å²) >= 11 is 3.06. The van der Waals surface area contributed by atoms with E-state index in [1.165, 1.54) is 0 Å². The van der Waals surface area contributed by atoms with Crippen molar-refractivity contribution in [2.45, 2.75) is 18.2 Å². The lowest BCUT2D eigenvalue weighted by molar-refractivity contribution is -0.120. The van der Waals surface area contributed by atoms with Crippen LogP contribution in [0.3, 0.4) is 0 Å². The minimum absolute atomic E-state index is 0.107. The third-order valence-electron chi connectivity index (χ3n) is 1.15. The molecule has 0 bridgehead atoms. The summed E-state index contributed by atoms with van der Waals surface area (Å²) in [6, 6.07) is 0. The van der Waals surface area contributed by atoms with Crippen molar-refractivity contribution in [3.63, 3.8) is 0 Å². The van der Waals surface area contributed by atoms with Crippen molar-refractivity contribution in [2.24, 2.45) is 0 Å². The Balaban J connectivity index is 3.21. The quantitative estimate of drug-likeness (QED) is 0.575. The van der Waals surface area contributed by atoms with Gasteiger partial charge in [-0.2, -0.15) is 0 Å². The van der Waals surface area contributed by atoms with Gasteiger partial charge in [0, 0.05) is 6.54 Å². The van der Waals surface area contributed by atoms with E-state index in [2.05, 4.69) is 26.0 Å². The Morgan fingerprint density at radius 1 is 1.62 bits per heavy atom. The molecule has 13 heavy (non-hydrogen) atoms. The fourth-order valence-corrected chi connectivity index (χ4v) is 0.721. The van der Waals surface area contributed by atoms with Gasteiger partial charge in [-0.3, -0.25) is 4.79 Å². The predicted molar refractivity (Wildman–Crippen MR) is 48.2 cm³/mol. The van der Waals surface area contributed by atoms with Gasteiger partial charge in [-0.05, 0) is 6.92 Å². The minimum atomic E-state index is -2.45. The molecule has 1 atom stereocenters. The van der Waals surface area contributed by atoms with E-state index in [-0.39, 0.29) is 23.9 Å². The highest BCUT2D eigenvalue weighted by molar-refractivity contribution is 9.10. The van der Waals surface area contributed by atoms with Crippen LogP contribution in [0.4, 0.5) is 8.78 Å².